The van der Waals surface area contributed by atoms with Crippen LogP contribution in [-0.4, -0.2) is 48.4 Å². The van der Waals surface area contributed by atoms with E-state index in [-0.39, 0.29) is 5.91 Å². The van der Waals surface area contributed by atoms with Crippen LogP contribution in [0.3, 0.4) is 0 Å². The number of piperazine rings is 1. The number of nitrogens with zero attached hydrogens (tertiary/aromatic N) is 2. The van der Waals surface area contributed by atoms with Gasteiger partial charge in [-0.25, -0.2) is 0 Å². The minimum Gasteiger partial charge on any atom is -0.335 e. The van der Waals surface area contributed by atoms with Gasteiger partial charge in [0.15, 0.2) is 0 Å². The van der Waals surface area contributed by atoms with E-state index in [1.54, 1.807) is 0 Å². The van der Waals surface area contributed by atoms with Crippen molar-refractivity contribution in [1.29, 1.82) is 0 Å². The second kappa shape index (κ2) is 5.84. The predicted molar refractivity (Wildman–Crippen MR) is 84.8 cm³/mol. The molecular weight excluding hydrogens is 392 g/mol. The van der Waals surface area contributed by atoms with Crippen LogP contribution in [0.2, 0.25) is 0 Å². The molecule has 0 aromatic carbocycles. The van der Waals surface area contributed by atoms with E-state index in [1.165, 1.54) is 30.7 Å². The van der Waals surface area contributed by atoms with Gasteiger partial charge in [-0.05, 0) is 56.7 Å². The normalized spacial score (nSPS) is 20.8. The number of carbonyl (C=O) groups is 1. The first-order valence-electron chi connectivity index (χ1n) is 6.60. The second-order valence-corrected chi connectivity index (χ2v) is 8.49. The van der Waals surface area contributed by atoms with Crippen LogP contribution in [0.5, 0.6) is 0 Å². The summed E-state index contributed by atoms with van der Waals surface area (Å²) in [4.78, 5) is 17.7. The molecule has 1 aliphatic carbocycles. The van der Waals surface area contributed by atoms with Gasteiger partial charge in [-0.2, -0.15) is 0 Å². The fourth-order valence-corrected chi connectivity index (χ4v) is 4.41. The number of hydrogen-bond acceptors (Lipinski definition) is 3. The van der Waals surface area contributed by atoms with E-state index in [1.807, 2.05) is 11.0 Å². The zero-order chi connectivity index (χ0) is 13.4. The minimum absolute atomic E-state index is 0.169. The van der Waals surface area contributed by atoms with Gasteiger partial charge in [0, 0.05) is 37.2 Å². The molecule has 3 nitrogen and oxygen atoms in total. The molecule has 0 unspecified atom stereocenters. The lowest BCUT2D eigenvalue weighted by Gasteiger charge is -2.34. The Labute approximate surface area is 134 Å². The number of thiophene rings is 1. The molecule has 1 saturated heterocycles. The molecular formula is C13H16Br2N2OS. The predicted octanol–water partition coefficient (Wildman–Crippen LogP) is 3.44. The maximum absolute atomic E-state index is 12.4. The molecule has 6 heteroatoms. The van der Waals surface area contributed by atoms with Crippen molar-refractivity contribution >= 4 is 49.1 Å². The van der Waals surface area contributed by atoms with E-state index in [0.717, 1.165) is 45.2 Å². The lowest BCUT2D eigenvalue weighted by molar-refractivity contribution is 0.0637. The van der Waals surface area contributed by atoms with E-state index < -0.39 is 0 Å². The minimum atomic E-state index is 0.169. The average molecular weight is 408 g/mol. The van der Waals surface area contributed by atoms with Crippen molar-refractivity contribution < 1.29 is 4.79 Å². The van der Waals surface area contributed by atoms with Gasteiger partial charge in [0.25, 0.3) is 5.91 Å². The molecule has 1 amide bonds. The summed E-state index contributed by atoms with van der Waals surface area (Å²) in [6, 6.07) is 1.91. The zero-order valence-electron chi connectivity index (χ0n) is 10.6. The number of carbonyl (C=O) groups excluding carboxylic acids is 1. The number of hydrogen-bond donors (Lipinski definition) is 0. The molecule has 1 aromatic heterocycles. The largest absolute Gasteiger partial charge is 0.335 e. The Morgan fingerprint density at radius 1 is 1.26 bits per heavy atom. The number of amides is 1. The Balaban J connectivity index is 1.56. The van der Waals surface area contributed by atoms with Crippen molar-refractivity contribution in [2.75, 3.05) is 32.7 Å². The maximum atomic E-state index is 12.4. The summed E-state index contributed by atoms with van der Waals surface area (Å²) in [7, 11) is 0. The van der Waals surface area contributed by atoms with Gasteiger partial charge in [0.05, 0.1) is 8.66 Å². The van der Waals surface area contributed by atoms with Gasteiger partial charge in [-0.3, -0.25) is 9.69 Å². The first-order valence-corrected chi connectivity index (χ1v) is 9.00. The molecule has 2 fully saturated rings. The fraction of sp³-hybridized carbons (Fsp3) is 0.615. The second-order valence-electron chi connectivity index (χ2n) is 5.27. The zero-order valence-corrected chi connectivity index (χ0v) is 14.6. The van der Waals surface area contributed by atoms with Gasteiger partial charge in [-0.1, -0.05) is 0 Å². The highest BCUT2D eigenvalue weighted by atomic mass is 79.9. The summed E-state index contributed by atoms with van der Waals surface area (Å²) in [6.45, 7) is 5.00. The number of rotatable bonds is 3. The SMILES string of the molecule is O=C(c1cc(Br)c(Br)s1)N1CCN(CC2CC2)CC1. The third-order valence-corrected chi connectivity index (χ3v) is 6.97. The summed E-state index contributed by atoms with van der Waals surface area (Å²) in [5, 5.41) is 0. The first-order chi connectivity index (χ1) is 9.13. The first kappa shape index (κ1) is 14.0. The van der Waals surface area contributed by atoms with E-state index in [4.69, 9.17) is 0 Å². The van der Waals surface area contributed by atoms with Crippen LogP contribution in [0, 0.1) is 5.92 Å². The van der Waals surface area contributed by atoms with Crippen molar-refractivity contribution in [2.24, 2.45) is 5.92 Å². The third-order valence-electron chi connectivity index (χ3n) is 3.73. The van der Waals surface area contributed by atoms with Crippen molar-refractivity contribution in [3.05, 3.63) is 19.2 Å². The summed E-state index contributed by atoms with van der Waals surface area (Å²) >= 11 is 8.38. The Bertz CT molecular complexity index is 459. The molecule has 104 valence electrons. The summed E-state index contributed by atoms with van der Waals surface area (Å²) in [5.74, 6) is 1.11. The summed E-state index contributed by atoms with van der Waals surface area (Å²) < 4.78 is 1.96. The lowest BCUT2D eigenvalue weighted by atomic mass is 10.2. The Hall–Kier alpha value is 0.0900. The van der Waals surface area contributed by atoms with Crippen molar-refractivity contribution in [3.63, 3.8) is 0 Å². The molecule has 0 radical (unpaired) electrons. The highest BCUT2D eigenvalue weighted by Crippen LogP contribution is 2.33. The molecule has 2 aliphatic rings. The van der Waals surface area contributed by atoms with E-state index in [2.05, 4.69) is 36.8 Å². The van der Waals surface area contributed by atoms with Crippen LogP contribution >= 0.6 is 43.2 Å². The van der Waals surface area contributed by atoms with Crippen LogP contribution < -0.4 is 0 Å². The van der Waals surface area contributed by atoms with Crippen LogP contribution in [0.25, 0.3) is 0 Å². The highest BCUT2D eigenvalue weighted by Gasteiger charge is 2.28. The average Bonchev–Trinajstić information content (AvgIpc) is 3.15. The fourth-order valence-electron chi connectivity index (χ4n) is 2.41. The molecule has 19 heavy (non-hydrogen) atoms. The molecule has 0 N–H and O–H groups in total. The van der Waals surface area contributed by atoms with Crippen LogP contribution in [0.4, 0.5) is 0 Å². The van der Waals surface area contributed by atoms with Gasteiger partial charge in [0.2, 0.25) is 0 Å². The van der Waals surface area contributed by atoms with E-state index in [9.17, 15) is 4.79 Å². The molecule has 0 bridgehead atoms. The third kappa shape index (κ3) is 3.40. The molecule has 0 spiro atoms. The molecule has 3 rings (SSSR count). The molecule has 1 saturated carbocycles. The Kier molecular flexibility index (Phi) is 4.31. The molecule has 1 aromatic rings. The van der Waals surface area contributed by atoms with Gasteiger partial charge in [-0.15, -0.1) is 11.3 Å². The van der Waals surface area contributed by atoms with E-state index >= 15 is 0 Å². The van der Waals surface area contributed by atoms with Crippen molar-refractivity contribution in [2.45, 2.75) is 12.8 Å². The van der Waals surface area contributed by atoms with Crippen LogP contribution in [0.15, 0.2) is 14.3 Å². The summed E-state index contributed by atoms with van der Waals surface area (Å²) in [6.07, 6.45) is 2.80. The van der Waals surface area contributed by atoms with Crippen molar-refractivity contribution in [1.82, 2.24) is 9.80 Å². The maximum Gasteiger partial charge on any atom is 0.264 e. The standard InChI is InChI=1S/C13H16Br2N2OS/c14-10-7-11(19-12(10)15)13(18)17-5-3-16(4-6-17)8-9-1-2-9/h7,9H,1-6,8H2. The quantitative estimate of drug-likeness (QED) is 0.766. The lowest BCUT2D eigenvalue weighted by Crippen LogP contribution is -2.49. The van der Waals surface area contributed by atoms with Crippen molar-refractivity contribution in [3.8, 4) is 0 Å². The van der Waals surface area contributed by atoms with Gasteiger partial charge >= 0.3 is 0 Å². The molecule has 0 atom stereocenters. The molecule has 2 heterocycles. The van der Waals surface area contributed by atoms with Gasteiger partial charge in [0.1, 0.15) is 0 Å². The smallest absolute Gasteiger partial charge is 0.264 e. The topological polar surface area (TPSA) is 23.6 Å². The van der Waals surface area contributed by atoms with Gasteiger partial charge < -0.3 is 4.90 Å². The Morgan fingerprint density at radius 2 is 1.95 bits per heavy atom. The Morgan fingerprint density at radius 3 is 2.47 bits per heavy atom. The monoisotopic (exact) mass is 406 g/mol. The van der Waals surface area contributed by atoms with Crippen LogP contribution in [0.1, 0.15) is 22.5 Å². The summed E-state index contributed by atoms with van der Waals surface area (Å²) in [5.41, 5.74) is 0. The van der Waals surface area contributed by atoms with E-state index in [0.29, 0.717) is 0 Å². The highest BCUT2D eigenvalue weighted by molar-refractivity contribution is 9.13. The molecule has 1 aliphatic heterocycles. The number of halogens is 2. The van der Waals surface area contributed by atoms with Crippen LogP contribution in [-0.2, 0) is 0 Å².